The number of benzene rings is 3. The second-order valence-electron chi connectivity index (χ2n) is 12.1. The van der Waals surface area contributed by atoms with Crippen molar-refractivity contribution in [1.29, 1.82) is 0 Å². The van der Waals surface area contributed by atoms with Gasteiger partial charge in [-0.3, -0.25) is 10.1 Å². The number of hydrogen-bond acceptors (Lipinski definition) is 6. The van der Waals surface area contributed by atoms with Crippen molar-refractivity contribution in [3.8, 4) is 11.4 Å². The molecule has 2 aromatic heterocycles. The molecule has 0 radical (unpaired) electrons. The summed E-state index contributed by atoms with van der Waals surface area (Å²) >= 11 is 0. The first-order valence-electron chi connectivity index (χ1n) is 15.2. The Morgan fingerprint density at radius 2 is 1.63 bits per heavy atom. The molecule has 0 fully saturated rings. The number of aryl methyl sites for hydroxylation is 2. The predicted molar refractivity (Wildman–Crippen MR) is 182 cm³/mol. The van der Waals surface area contributed by atoms with Crippen LogP contribution in [0.15, 0.2) is 78.9 Å². The van der Waals surface area contributed by atoms with E-state index in [1.54, 1.807) is 4.68 Å². The molecule has 5 rings (SSSR count). The van der Waals surface area contributed by atoms with E-state index in [1.807, 2.05) is 92.7 Å². The number of rotatable bonds is 10. The number of hydrogen-bond donors (Lipinski definition) is 3. The van der Waals surface area contributed by atoms with Gasteiger partial charge in [-0.2, -0.15) is 5.10 Å². The molecule has 0 saturated heterocycles. The third-order valence-corrected chi connectivity index (χ3v) is 7.46. The highest BCUT2D eigenvalue weighted by Gasteiger charge is 2.22. The number of aromatic nitrogens is 3. The number of anilines is 3. The lowest BCUT2D eigenvalue weighted by Gasteiger charge is -2.15. The molecule has 238 valence electrons. The van der Waals surface area contributed by atoms with E-state index < -0.39 is 6.03 Å². The van der Waals surface area contributed by atoms with Gasteiger partial charge in [0.25, 0.3) is 5.91 Å². The molecule has 0 saturated carbocycles. The zero-order valence-corrected chi connectivity index (χ0v) is 27.1. The molecule has 10 heteroatoms. The van der Waals surface area contributed by atoms with E-state index in [2.05, 4.69) is 41.7 Å². The van der Waals surface area contributed by atoms with Crippen LogP contribution in [-0.2, 0) is 28.0 Å². The summed E-state index contributed by atoms with van der Waals surface area (Å²) in [5.41, 5.74) is 4.86. The molecule has 0 aliphatic heterocycles. The monoisotopic (exact) mass is 620 g/mol. The Morgan fingerprint density at radius 3 is 2.33 bits per heavy atom. The van der Waals surface area contributed by atoms with Crippen LogP contribution in [0.2, 0.25) is 0 Å². The molecular formula is C36H40N6O4. The minimum atomic E-state index is -0.393. The number of nitrogens with zero attached hydrogens (tertiary/aromatic N) is 3. The van der Waals surface area contributed by atoms with Gasteiger partial charge in [-0.05, 0) is 49.2 Å². The number of ether oxygens (including phenoxy) is 2. The van der Waals surface area contributed by atoms with Crippen LogP contribution in [0.5, 0.6) is 5.75 Å². The van der Waals surface area contributed by atoms with E-state index in [4.69, 9.17) is 14.6 Å². The lowest BCUT2D eigenvalue weighted by molar-refractivity contribution is -0.119. The van der Waals surface area contributed by atoms with Gasteiger partial charge in [-0.25, -0.2) is 14.5 Å². The zero-order valence-electron chi connectivity index (χ0n) is 27.1. The Kier molecular flexibility index (Phi) is 9.67. The van der Waals surface area contributed by atoms with Gasteiger partial charge in [-0.15, -0.1) is 0 Å². The van der Waals surface area contributed by atoms with Crippen LogP contribution in [0.1, 0.15) is 50.2 Å². The number of fused-ring (bicyclic) bond motifs is 1. The summed E-state index contributed by atoms with van der Waals surface area (Å²) in [5.74, 6) is 1.43. The molecule has 0 unspecified atom stereocenters. The third-order valence-electron chi connectivity index (χ3n) is 7.46. The Morgan fingerprint density at radius 1 is 0.891 bits per heavy atom. The van der Waals surface area contributed by atoms with E-state index in [1.165, 1.54) is 7.11 Å². The molecule has 0 atom stereocenters. The molecule has 0 bridgehead atoms. The Hall–Kier alpha value is -5.22. The normalized spacial score (nSPS) is 11.3. The van der Waals surface area contributed by atoms with Crippen molar-refractivity contribution in [2.75, 3.05) is 29.7 Å². The first kappa shape index (κ1) is 32.2. The highest BCUT2D eigenvalue weighted by molar-refractivity contribution is 6.07. The van der Waals surface area contributed by atoms with Gasteiger partial charge in [0.2, 0.25) is 0 Å². The van der Waals surface area contributed by atoms with E-state index >= 15 is 0 Å². The predicted octanol–water partition coefficient (Wildman–Crippen LogP) is 7.40. The van der Waals surface area contributed by atoms with Gasteiger partial charge >= 0.3 is 6.03 Å². The molecule has 0 aliphatic carbocycles. The maximum Gasteiger partial charge on any atom is 0.324 e. The molecule has 46 heavy (non-hydrogen) atoms. The average molecular weight is 621 g/mol. The van der Waals surface area contributed by atoms with Gasteiger partial charge < -0.3 is 20.1 Å². The van der Waals surface area contributed by atoms with Crippen LogP contribution in [0, 0.1) is 6.92 Å². The Balaban J connectivity index is 1.35. The van der Waals surface area contributed by atoms with Crippen LogP contribution >= 0.6 is 0 Å². The second kappa shape index (κ2) is 13.8. The average Bonchev–Trinajstić information content (AvgIpc) is 3.45. The SMILES string of the molecule is CCc1ccc(COc2ccc(NC(=O)Nc3cc(C(C)(C)C)nn3-c3ccc(C)cc3)c3ccccc23)nc1NC(=O)COC. The molecule has 0 aliphatic rings. The fourth-order valence-corrected chi connectivity index (χ4v) is 4.95. The summed E-state index contributed by atoms with van der Waals surface area (Å²) in [6, 6.07) is 24.7. The summed E-state index contributed by atoms with van der Waals surface area (Å²) in [6.45, 7) is 10.4. The van der Waals surface area contributed by atoms with E-state index in [0.29, 0.717) is 28.8 Å². The first-order chi connectivity index (χ1) is 22.0. The van der Waals surface area contributed by atoms with Gasteiger partial charge in [0, 0.05) is 29.4 Å². The molecule has 10 nitrogen and oxygen atoms in total. The number of carbonyl (C=O) groups is 2. The fraction of sp³-hybridized carbons (Fsp3) is 0.278. The molecule has 5 aromatic rings. The standard InChI is InChI=1S/C36H40N6O4/c1-7-24-14-15-25(37-34(24)40-33(43)22-45-6)21-46-30-19-18-29(27-10-8-9-11-28(27)30)38-35(44)39-32-20-31(36(3,4)5)41-42(32)26-16-12-23(2)13-17-26/h8-20H,7,21-22H2,1-6H3,(H,37,40,43)(H2,38,39,44). The molecule has 2 heterocycles. The number of carbonyl (C=O) groups excluding carboxylic acids is 2. The van der Waals surface area contributed by atoms with Gasteiger partial charge in [0.1, 0.15) is 30.6 Å². The van der Waals surface area contributed by atoms with Crippen LogP contribution in [0.3, 0.4) is 0 Å². The number of urea groups is 1. The lowest BCUT2D eigenvalue weighted by atomic mass is 9.92. The van der Waals surface area contributed by atoms with Crippen LogP contribution < -0.4 is 20.7 Å². The van der Waals surface area contributed by atoms with Crippen LogP contribution in [0.4, 0.5) is 22.1 Å². The Bertz CT molecular complexity index is 1860. The number of methoxy groups -OCH3 is 1. The first-order valence-corrected chi connectivity index (χ1v) is 15.2. The second-order valence-corrected chi connectivity index (χ2v) is 12.1. The summed E-state index contributed by atoms with van der Waals surface area (Å²) < 4.78 is 12.9. The fourth-order valence-electron chi connectivity index (χ4n) is 4.95. The minimum Gasteiger partial charge on any atom is -0.487 e. The molecule has 0 spiro atoms. The molecule has 3 amide bonds. The molecule has 3 N–H and O–H groups in total. The quantitative estimate of drug-likeness (QED) is 0.150. The highest BCUT2D eigenvalue weighted by Crippen LogP contribution is 2.33. The van der Waals surface area contributed by atoms with E-state index in [-0.39, 0.29) is 24.5 Å². The van der Waals surface area contributed by atoms with Crippen molar-refractivity contribution in [3.05, 3.63) is 101 Å². The van der Waals surface area contributed by atoms with Crippen molar-refractivity contribution in [2.45, 2.75) is 53.1 Å². The van der Waals surface area contributed by atoms with Crippen molar-refractivity contribution >= 4 is 40.0 Å². The van der Waals surface area contributed by atoms with Crippen LogP contribution in [-0.4, -0.2) is 40.4 Å². The van der Waals surface area contributed by atoms with Crippen molar-refractivity contribution in [2.24, 2.45) is 0 Å². The van der Waals surface area contributed by atoms with E-state index in [9.17, 15) is 9.59 Å². The molecular weight excluding hydrogens is 580 g/mol. The molecule has 3 aromatic carbocycles. The Labute approximate surface area is 269 Å². The largest absolute Gasteiger partial charge is 0.487 e. The van der Waals surface area contributed by atoms with Gasteiger partial charge in [0.05, 0.1) is 22.8 Å². The topological polar surface area (TPSA) is 119 Å². The lowest BCUT2D eigenvalue weighted by Crippen LogP contribution is -2.21. The number of amides is 3. The van der Waals surface area contributed by atoms with E-state index in [0.717, 1.165) is 39.7 Å². The maximum absolute atomic E-state index is 13.4. The summed E-state index contributed by atoms with van der Waals surface area (Å²) in [6.07, 6.45) is 0.718. The number of nitrogens with one attached hydrogen (secondary N) is 3. The zero-order chi connectivity index (χ0) is 32.8. The van der Waals surface area contributed by atoms with Crippen LogP contribution in [0.25, 0.3) is 16.5 Å². The highest BCUT2D eigenvalue weighted by atomic mass is 16.5. The maximum atomic E-state index is 13.4. The summed E-state index contributed by atoms with van der Waals surface area (Å²) in [4.78, 5) is 30.1. The number of pyridine rings is 1. The third kappa shape index (κ3) is 7.52. The summed E-state index contributed by atoms with van der Waals surface area (Å²) in [5, 5.41) is 15.3. The minimum absolute atomic E-state index is 0.0513. The summed E-state index contributed by atoms with van der Waals surface area (Å²) in [7, 11) is 1.47. The van der Waals surface area contributed by atoms with Crippen molar-refractivity contribution < 1.29 is 19.1 Å². The van der Waals surface area contributed by atoms with Gasteiger partial charge in [-0.1, -0.05) is 75.7 Å². The van der Waals surface area contributed by atoms with Crippen molar-refractivity contribution in [3.63, 3.8) is 0 Å². The van der Waals surface area contributed by atoms with Gasteiger partial charge in [0.15, 0.2) is 0 Å². The van der Waals surface area contributed by atoms with Crippen molar-refractivity contribution in [1.82, 2.24) is 14.8 Å². The smallest absolute Gasteiger partial charge is 0.324 e.